The van der Waals surface area contributed by atoms with E-state index < -0.39 is 0 Å². The first-order chi connectivity index (χ1) is 15.6. The molecule has 3 aromatic carbocycles. The summed E-state index contributed by atoms with van der Waals surface area (Å²) in [6.45, 7) is 0. The molecule has 1 amide bonds. The minimum atomic E-state index is -0.226. The SMILES string of the molecule is COc1cc(NC(=O)c2ccc(CSc3nc4ccccc4[nH]3)cc2)cc(OC)c1OC. The average molecular weight is 450 g/mol. The number of ether oxygens (including phenoxy) is 3. The summed E-state index contributed by atoms with van der Waals surface area (Å²) >= 11 is 1.62. The van der Waals surface area contributed by atoms with Crippen LogP contribution in [0, 0.1) is 0 Å². The first-order valence-electron chi connectivity index (χ1n) is 9.89. The van der Waals surface area contributed by atoms with E-state index in [0.717, 1.165) is 27.5 Å². The zero-order valence-electron chi connectivity index (χ0n) is 18.0. The van der Waals surface area contributed by atoms with E-state index in [1.807, 2.05) is 48.5 Å². The lowest BCUT2D eigenvalue weighted by Gasteiger charge is -2.14. The maximum atomic E-state index is 12.7. The molecule has 1 heterocycles. The second-order valence-electron chi connectivity index (χ2n) is 6.91. The molecule has 0 fully saturated rings. The third-order valence-electron chi connectivity index (χ3n) is 4.88. The number of nitrogens with one attached hydrogen (secondary N) is 2. The van der Waals surface area contributed by atoms with Gasteiger partial charge in [0.25, 0.3) is 5.91 Å². The van der Waals surface area contributed by atoms with Crippen molar-refractivity contribution >= 4 is 34.4 Å². The second kappa shape index (κ2) is 9.65. The van der Waals surface area contributed by atoms with Gasteiger partial charge in [0.05, 0.1) is 32.4 Å². The van der Waals surface area contributed by atoms with E-state index >= 15 is 0 Å². The van der Waals surface area contributed by atoms with Gasteiger partial charge in [-0.2, -0.15) is 0 Å². The fourth-order valence-electron chi connectivity index (χ4n) is 3.26. The highest BCUT2D eigenvalue weighted by molar-refractivity contribution is 7.98. The molecule has 0 radical (unpaired) electrons. The summed E-state index contributed by atoms with van der Waals surface area (Å²) in [6.07, 6.45) is 0. The summed E-state index contributed by atoms with van der Waals surface area (Å²) in [4.78, 5) is 20.6. The number of para-hydroxylation sites is 2. The second-order valence-corrected chi connectivity index (χ2v) is 7.88. The summed E-state index contributed by atoms with van der Waals surface area (Å²) in [5.74, 6) is 1.93. The van der Waals surface area contributed by atoms with Crippen LogP contribution in [0.1, 0.15) is 15.9 Å². The number of amides is 1. The molecule has 0 bridgehead atoms. The van der Waals surface area contributed by atoms with E-state index in [-0.39, 0.29) is 5.91 Å². The molecule has 0 atom stereocenters. The zero-order chi connectivity index (χ0) is 22.5. The number of hydrogen-bond acceptors (Lipinski definition) is 6. The fourth-order valence-corrected chi connectivity index (χ4v) is 4.10. The van der Waals surface area contributed by atoms with Crippen LogP contribution in [-0.2, 0) is 5.75 Å². The van der Waals surface area contributed by atoms with Crippen LogP contribution < -0.4 is 19.5 Å². The number of H-pyrrole nitrogens is 1. The van der Waals surface area contributed by atoms with Crippen LogP contribution in [0.5, 0.6) is 17.2 Å². The van der Waals surface area contributed by atoms with Crippen molar-refractivity contribution in [3.05, 3.63) is 71.8 Å². The number of methoxy groups -OCH3 is 3. The Morgan fingerprint density at radius 3 is 2.28 bits per heavy atom. The number of benzene rings is 3. The van der Waals surface area contributed by atoms with Crippen molar-refractivity contribution < 1.29 is 19.0 Å². The summed E-state index contributed by atoms with van der Waals surface area (Å²) < 4.78 is 16.0. The summed E-state index contributed by atoms with van der Waals surface area (Å²) in [7, 11) is 4.60. The lowest BCUT2D eigenvalue weighted by molar-refractivity contribution is 0.102. The van der Waals surface area contributed by atoms with Crippen LogP contribution in [0.25, 0.3) is 11.0 Å². The van der Waals surface area contributed by atoms with Crippen LogP contribution in [0.15, 0.2) is 65.8 Å². The van der Waals surface area contributed by atoms with Gasteiger partial charge in [0.15, 0.2) is 16.7 Å². The predicted molar refractivity (Wildman–Crippen MR) is 126 cm³/mol. The van der Waals surface area contributed by atoms with Crippen molar-refractivity contribution in [2.45, 2.75) is 10.9 Å². The van der Waals surface area contributed by atoms with Gasteiger partial charge in [-0.25, -0.2) is 4.98 Å². The van der Waals surface area contributed by atoms with E-state index in [4.69, 9.17) is 14.2 Å². The Bertz CT molecular complexity index is 1180. The molecule has 0 aliphatic rings. The Morgan fingerprint density at radius 2 is 1.66 bits per heavy atom. The maximum Gasteiger partial charge on any atom is 0.255 e. The molecule has 0 saturated heterocycles. The highest BCUT2D eigenvalue weighted by Gasteiger charge is 2.15. The summed E-state index contributed by atoms with van der Waals surface area (Å²) in [6, 6.07) is 18.8. The predicted octanol–water partition coefficient (Wildman–Crippen LogP) is 5.13. The van der Waals surface area contributed by atoms with Crippen LogP contribution in [0.4, 0.5) is 5.69 Å². The number of anilines is 1. The molecule has 0 unspecified atom stereocenters. The van der Waals surface area contributed by atoms with E-state index in [2.05, 4.69) is 15.3 Å². The van der Waals surface area contributed by atoms with Crippen molar-refractivity contribution in [1.82, 2.24) is 9.97 Å². The summed E-state index contributed by atoms with van der Waals surface area (Å²) in [5.41, 5.74) is 4.17. The molecule has 0 aliphatic heterocycles. The van der Waals surface area contributed by atoms with E-state index in [0.29, 0.717) is 28.5 Å². The molecule has 4 rings (SSSR count). The first-order valence-corrected chi connectivity index (χ1v) is 10.9. The van der Waals surface area contributed by atoms with Gasteiger partial charge in [-0.3, -0.25) is 4.79 Å². The van der Waals surface area contributed by atoms with Gasteiger partial charge < -0.3 is 24.5 Å². The highest BCUT2D eigenvalue weighted by atomic mass is 32.2. The van der Waals surface area contributed by atoms with Gasteiger partial charge >= 0.3 is 0 Å². The van der Waals surface area contributed by atoms with Gasteiger partial charge in [0, 0.05) is 29.1 Å². The molecule has 2 N–H and O–H groups in total. The number of thioether (sulfide) groups is 1. The molecular weight excluding hydrogens is 426 g/mol. The van der Waals surface area contributed by atoms with Crippen molar-refractivity contribution in [1.29, 1.82) is 0 Å². The Morgan fingerprint density at radius 1 is 0.969 bits per heavy atom. The largest absolute Gasteiger partial charge is 0.493 e. The Balaban J connectivity index is 1.41. The zero-order valence-corrected chi connectivity index (χ0v) is 18.8. The first kappa shape index (κ1) is 21.6. The lowest BCUT2D eigenvalue weighted by atomic mass is 10.1. The topological polar surface area (TPSA) is 85.5 Å². The monoisotopic (exact) mass is 449 g/mol. The van der Waals surface area contributed by atoms with Crippen LogP contribution >= 0.6 is 11.8 Å². The minimum absolute atomic E-state index is 0.226. The van der Waals surface area contributed by atoms with Crippen LogP contribution in [0.3, 0.4) is 0 Å². The van der Waals surface area contributed by atoms with Crippen molar-refractivity contribution in [2.24, 2.45) is 0 Å². The van der Waals surface area contributed by atoms with Gasteiger partial charge in [0.1, 0.15) is 0 Å². The molecular formula is C24H23N3O4S. The number of aromatic nitrogens is 2. The lowest BCUT2D eigenvalue weighted by Crippen LogP contribution is -2.12. The van der Waals surface area contributed by atoms with E-state index in [1.165, 1.54) is 21.3 Å². The Kier molecular flexibility index (Phi) is 6.51. The van der Waals surface area contributed by atoms with Crippen molar-refractivity contribution in [2.75, 3.05) is 26.6 Å². The number of nitrogens with zero attached hydrogens (tertiary/aromatic N) is 1. The van der Waals surface area contributed by atoms with E-state index in [9.17, 15) is 4.79 Å². The number of hydrogen-bond donors (Lipinski definition) is 2. The molecule has 8 heteroatoms. The quantitative estimate of drug-likeness (QED) is 0.363. The standard InChI is InChI=1S/C24H23N3O4S/c1-29-20-12-17(13-21(30-2)22(20)31-3)25-23(28)16-10-8-15(9-11-16)14-32-24-26-18-6-4-5-7-19(18)27-24/h4-13H,14H2,1-3H3,(H,25,28)(H,26,27). The minimum Gasteiger partial charge on any atom is -0.493 e. The number of aromatic amines is 1. The normalized spacial score (nSPS) is 10.7. The highest BCUT2D eigenvalue weighted by Crippen LogP contribution is 2.40. The maximum absolute atomic E-state index is 12.7. The van der Waals surface area contributed by atoms with Gasteiger partial charge in [-0.1, -0.05) is 36.0 Å². The Hall–Kier alpha value is -3.65. The number of carbonyl (C=O) groups excluding carboxylic acids is 1. The average Bonchev–Trinajstić information content (AvgIpc) is 3.25. The molecule has 32 heavy (non-hydrogen) atoms. The van der Waals surface area contributed by atoms with Gasteiger partial charge in [-0.15, -0.1) is 0 Å². The third-order valence-corrected chi connectivity index (χ3v) is 5.83. The molecule has 164 valence electrons. The van der Waals surface area contributed by atoms with Crippen LogP contribution in [-0.4, -0.2) is 37.2 Å². The molecule has 4 aromatic rings. The molecule has 0 saturated carbocycles. The van der Waals surface area contributed by atoms with Crippen LogP contribution in [0.2, 0.25) is 0 Å². The van der Waals surface area contributed by atoms with Crippen molar-refractivity contribution in [3.8, 4) is 17.2 Å². The number of carbonyl (C=O) groups is 1. The van der Waals surface area contributed by atoms with E-state index in [1.54, 1.807) is 23.9 Å². The fraction of sp³-hybridized carbons (Fsp3) is 0.167. The molecule has 0 aliphatic carbocycles. The number of fused-ring (bicyclic) bond motifs is 1. The number of rotatable bonds is 8. The summed E-state index contributed by atoms with van der Waals surface area (Å²) in [5, 5.41) is 3.75. The number of imidazole rings is 1. The van der Waals surface area contributed by atoms with Crippen molar-refractivity contribution in [3.63, 3.8) is 0 Å². The van der Waals surface area contributed by atoms with Gasteiger partial charge in [-0.05, 0) is 29.8 Å². The molecule has 1 aromatic heterocycles. The Labute approximate surface area is 190 Å². The molecule has 7 nitrogen and oxygen atoms in total. The van der Waals surface area contributed by atoms with Gasteiger partial charge in [0.2, 0.25) is 5.75 Å². The third kappa shape index (κ3) is 4.65. The molecule has 0 spiro atoms. The smallest absolute Gasteiger partial charge is 0.255 e.